The number of benzene rings is 1. The fourth-order valence-corrected chi connectivity index (χ4v) is 3.62. The van der Waals surface area contributed by atoms with Gasteiger partial charge in [0, 0.05) is 43.6 Å². The second kappa shape index (κ2) is 8.39. The van der Waals surface area contributed by atoms with Crippen LogP contribution in [0.3, 0.4) is 0 Å². The molecule has 8 nitrogen and oxygen atoms in total. The van der Waals surface area contributed by atoms with Gasteiger partial charge in [-0.3, -0.25) is 19.3 Å². The number of sulfonamides is 1. The molecule has 0 saturated carbocycles. The van der Waals surface area contributed by atoms with Crippen LogP contribution in [0, 0.1) is 0 Å². The molecule has 2 aromatic rings. The maximum atomic E-state index is 12.8. The van der Waals surface area contributed by atoms with E-state index < -0.39 is 10.0 Å². The zero-order valence-electron chi connectivity index (χ0n) is 15.5. The molecule has 1 aromatic heterocycles. The van der Waals surface area contributed by atoms with E-state index in [1.165, 1.54) is 0 Å². The van der Waals surface area contributed by atoms with Crippen LogP contribution in [0.1, 0.15) is 27.3 Å². The van der Waals surface area contributed by atoms with Crippen molar-refractivity contribution in [2.45, 2.75) is 6.42 Å². The Morgan fingerprint density at radius 2 is 1.57 bits per heavy atom. The normalized spacial score (nSPS) is 15.0. The summed E-state index contributed by atoms with van der Waals surface area (Å²) in [4.78, 5) is 32.9. The van der Waals surface area contributed by atoms with Crippen molar-refractivity contribution in [3.8, 4) is 0 Å². The molecule has 1 saturated heterocycles. The number of aromatic nitrogens is 1. The summed E-state index contributed by atoms with van der Waals surface area (Å²) in [5, 5.41) is 0. The van der Waals surface area contributed by atoms with Crippen molar-refractivity contribution in [2.75, 3.05) is 37.2 Å². The smallest absolute Gasteiger partial charge is 0.272 e. The lowest BCUT2D eigenvalue weighted by atomic mass is 10.2. The second-order valence-corrected chi connectivity index (χ2v) is 8.35. The van der Waals surface area contributed by atoms with E-state index in [1.807, 2.05) is 0 Å². The fourth-order valence-electron chi connectivity index (χ4n) is 3.05. The minimum absolute atomic E-state index is 0.133. The van der Waals surface area contributed by atoms with Crippen molar-refractivity contribution in [3.63, 3.8) is 0 Å². The van der Waals surface area contributed by atoms with Gasteiger partial charge in [-0.2, -0.15) is 0 Å². The number of nitrogens with zero attached hydrogens (tertiary/aromatic N) is 3. The molecule has 0 bridgehead atoms. The van der Waals surface area contributed by atoms with Gasteiger partial charge in [0.2, 0.25) is 10.0 Å². The largest absolute Gasteiger partial charge is 0.337 e. The summed E-state index contributed by atoms with van der Waals surface area (Å²) >= 11 is 0. The third kappa shape index (κ3) is 5.07. The molecule has 9 heteroatoms. The molecule has 0 radical (unpaired) electrons. The van der Waals surface area contributed by atoms with E-state index in [9.17, 15) is 18.0 Å². The molecule has 0 aliphatic carbocycles. The van der Waals surface area contributed by atoms with Crippen molar-refractivity contribution in [1.82, 2.24) is 14.8 Å². The Morgan fingerprint density at radius 3 is 2.14 bits per heavy atom. The molecule has 0 spiro atoms. The number of rotatable bonds is 4. The van der Waals surface area contributed by atoms with E-state index in [1.54, 1.807) is 58.5 Å². The molecule has 3 rings (SSSR count). The average Bonchev–Trinajstić information content (AvgIpc) is 2.93. The van der Waals surface area contributed by atoms with Crippen molar-refractivity contribution >= 4 is 27.5 Å². The number of carbonyl (C=O) groups is 2. The Balaban J connectivity index is 1.63. The Kier molecular flexibility index (Phi) is 5.93. The van der Waals surface area contributed by atoms with Crippen molar-refractivity contribution < 1.29 is 18.0 Å². The van der Waals surface area contributed by atoms with Gasteiger partial charge in [-0.1, -0.05) is 6.07 Å². The van der Waals surface area contributed by atoms with Crippen LogP contribution in [0.15, 0.2) is 48.7 Å². The summed E-state index contributed by atoms with van der Waals surface area (Å²) < 4.78 is 24.9. The third-order valence-corrected chi connectivity index (χ3v) is 5.00. The molecule has 1 aromatic carbocycles. The summed E-state index contributed by atoms with van der Waals surface area (Å²) in [6.07, 6.45) is 3.34. The maximum absolute atomic E-state index is 12.8. The van der Waals surface area contributed by atoms with E-state index in [2.05, 4.69) is 9.71 Å². The molecule has 1 aliphatic heterocycles. The topological polar surface area (TPSA) is 99.7 Å². The van der Waals surface area contributed by atoms with Crippen LogP contribution >= 0.6 is 0 Å². The van der Waals surface area contributed by atoms with Crippen LogP contribution in [-0.4, -0.2) is 67.5 Å². The van der Waals surface area contributed by atoms with Gasteiger partial charge >= 0.3 is 0 Å². The SMILES string of the molecule is CS(=O)(=O)Nc1ccc(C(=O)N2CCCN(C(=O)c3ccccn3)CC2)cc1. The minimum atomic E-state index is -3.36. The summed E-state index contributed by atoms with van der Waals surface area (Å²) in [5.74, 6) is -0.274. The van der Waals surface area contributed by atoms with E-state index in [4.69, 9.17) is 0 Å². The van der Waals surface area contributed by atoms with Gasteiger partial charge in [0.15, 0.2) is 0 Å². The molecule has 1 fully saturated rings. The number of hydrogen-bond donors (Lipinski definition) is 1. The van der Waals surface area contributed by atoms with E-state index in [0.717, 1.165) is 6.26 Å². The quantitative estimate of drug-likeness (QED) is 0.834. The van der Waals surface area contributed by atoms with E-state index in [-0.39, 0.29) is 11.8 Å². The van der Waals surface area contributed by atoms with Crippen molar-refractivity contribution in [2.24, 2.45) is 0 Å². The molecule has 1 N–H and O–H groups in total. The minimum Gasteiger partial charge on any atom is -0.337 e. The monoisotopic (exact) mass is 402 g/mol. The summed E-state index contributed by atoms with van der Waals surface area (Å²) in [7, 11) is -3.36. The highest BCUT2D eigenvalue weighted by Gasteiger charge is 2.24. The summed E-state index contributed by atoms with van der Waals surface area (Å²) in [5.41, 5.74) is 1.28. The predicted molar refractivity (Wildman–Crippen MR) is 106 cm³/mol. The van der Waals surface area contributed by atoms with Crippen molar-refractivity contribution in [3.05, 3.63) is 59.9 Å². The predicted octanol–water partition coefficient (Wildman–Crippen LogP) is 1.44. The molecule has 1 aliphatic rings. The Labute approximate surface area is 164 Å². The number of hydrogen-bond acceptors (Lipinski definition) is 5. The summed E-state index contributed by atoms with van der Waals surface area (Å²) in [6, 6.07) is 11.5. The number of pyridine rings is 1. The first kappa shape index (κ1) is 19.8. The molecular weight excluding hydrogens is 380 g/mol. The number of carbonyl (C=O) groups excluding carboxylic acids is 2. The van der Waals surface area contributed by atoms with Crippen LogP contribution in [0.25, 0.3) is 0 Å². The molecular formula is C19H22N4O4S. The highest BCUT2D eigenvalue weighted by atomic mass is 32.2. The van der Waals surface area contributed by atoms with Crippen LogP contribution in [0.5, 0.6) is 0 Å². The number of nitrogens with one attached hydrogen (secondary N) is 1. The highest BCUT2D eigenvalue weighted by molar-refractivity contribution is 7.92. The summed E-state index contributed by atoms with van der Waals surface area (Å²) in [6.45, 7) is 1.99. The number of amides is 2. The molecule has 28 heavy (non-hydrogen) atoms. The molecule has 148 valence electrons. The highest BCUT2D eigenvalue weighted by Crippen LogP contribution is 2.15. The molecule has 0 unspecified atom stereocenters. The first-order valence-electron chi connectivity index (χ1n) is 8.91. The lowest BCUT2D eigenvalue weighted by Crippen LogP contribution is -2.37. The maximum Gasteiger partial charge on any atom is 0.272 e. The standard InChI is InChI=1S/C19H22N4O4S/c1-28(26,27)21-16-8-6-15(7-9-16)18(24)22-11-4-12-23(14-13-22)19(25)17-5-2-3-10-20-17/h2-3,5-10,21H,4,11-14H2,1H3. The number of anilines is 1. The van der Waals surface area contributed by atoms with Gasteiger partial charge in [-0.25, -0.2) is 8.42 Å². The second-order valence-electron chi connectivity index (χ2n) is 6.60. The van der Waals surface area contributed by atoms with Gasteiger partial charge in [-0.05, 0) is 42.8 Å². The first-order chi connectivity index (χ1) is 13.3. The first-order valence-corrected chi connectivity index (χ1v) is 10.8. The lowest BCUT2D eigenvalue weighted by molar-refractivity contribution is 0.0715. The molecule has 2 amide bonds. The average molecular weight is 402 g/mol. The third-order valence-electron chi connectivity index (χ3n) is 4.39. The molecule has 2 heterocycles. The van der Waals surface area contributed by atoms with Gasteiger partial charge in [0.05, 0.1) is 6.26 Å². The van der Waals surface area contributed by atoms with E-state index in [0.29, 0.717) is 49.5 Å². The Bertz CT molecular complexity index is 946. The van der Waals surface area contributed by atoms with Crippen LogP contribution < -0.4 is 4.72 Å². The Hall–Kier alpha value is -2.94. The van der Waals surface area contributed by atoms with Gasteiger partial charge in [-0.15, -0.1) is 0 Å². The Morgan fingerprint density at radius 1 is 0.929 bits per heavy atom. The lowest BCUT2D eigenvalue weighted by Gasteiger charge is -2.22. The zero-order valence-corrected chi connectivity index (χ0v) is 16.4. The van der Waals surface area contributed by atoms with E-state index >= 15 is 0 Å². The van der Waals surface area contributed by atoms with Gasteiger partial charge in [0.25, 0.3) is 11.8 Å². The van der Waals surface area contributed by atoms with Gasteiger partial charge in [0.1, 0.15) is 5.69 Å². The fraction of sp³-hybridized carbons (Fsp3) is 0.316. The van der Waals surface area contributed by atoms with Crippen LogP contribution in [0.4, 0.5) is 5.69 Å². The van der Waals surface area contributed by atoms with Crippen LogP contribution in [0.2, 0.25) is 0 Å². The van der Waals surface area contributed by atoms with Crippen LogP contribution in [-0.2, 0) is 10.0 Å². The zero-order chi connectivity index (χ0) is 20.1. The van der Waals surface area contributed by atoms with Gasteiger partial charge < -0.3 is 9.80 Å². The van der Waals surface area contributed by atoms with Crippen molar-refractivity contribution in [1.29, 1.82) is 0 Å². The molecule has 0 atom stereocenters.